The van der Waals surface area contributed by atoms with Gasteiger partial charge in [0.15, 0.2) is 0 Å². The van der Waals surface area contributed by atoms with Crippen LogP contribution < -0.4 is 16.5 Å². The third-order valence-electron chi connectivity index (χ3n) is 2.87. The van der Waals surface area contributed by atoms with Gasteiger partial charge in [0.1, 0.15) is 11.3 Å². The van der Waals surface area contributed by atoms with Crippen molar-refractivity contribution in [2.75, 3.05) is 18.1 Å². The van der Waals surface area contributed by atoms with Crippen molar-refractivity contribution in [3.05, 3.63) is 53.5 Å². The number of hydrogen-bond donors (Lipinski definition) is 2. The van der Waals surface area contributed by atoms with E-state index in [1.165, 1.54) is 5.56 Å². The summed E-state index contributed by atoms with van der Waals surface area (Å²) in [5, 5.41) is 3.08. The first-order chi connectivity index (χ1) is 8.70. The molecule has 0 fully saturated rings. The molecular formula is C14H18N4. The summed E-state index contributed by atoms with van der Waals surface area (Å²) in [6.07, 6.45) is 0. The molecule has 0 saturated heterocycles. The van der Waals surface area contributed by atoms with Gasteiger partial charge in [-0.3, -0.25) is 4.99 Å². The summed E-state index contributed by atoms with van der Waals surface area (Å²) in [6, 6.07) is 14.0. The fourth-order valence-corrected chi connectivity index (χ4v) is 1.72. The van der Waals surface area contributed by atoms with E-state index in [4.69, 9.17) is 5.73 Å². The fourth-order valence-electron chi connectivity index (χ4n) is 1.72. The molecular weight excluding hydrogens is 224 g/mol. The van der Waals surface area contributed by atoms with Crippen molar-refractivity contribution in [3.63, 3.8) is 0 Å². The minimum Gasteiger partial charge on any atom is -0.388 e. The Hall–Kier alpha value is -2.23. The van der Waals surface area contributed by atoms with E-state index in [1.54, 1.807) is 0 Å². The monoisotopic (exact) mass is 242 g/mol. The van der Waals surface area contributed by atoms with Crippen molar-refractivity contribution in [2.24, 2.45) is 12.0 Å². The van der Waals surface area contributed by atoms with Crippen molar-refractivity contribution in [2.45, 2.75) is 6.54 Å². The molecule has 0 spiro atoms. The van der Waals surface area contributed by atoms with E-state index in [-0.39, 0.29) is 0 Å². The van der Waals surface area contributed by atoms with Gasteiger partial charge >= 0.3 is 0 Å². The average Bonchev–Trinajstić information content (AvgIpc) is 2.41. The molecule has 1 aromatic carbocycles. The first kappa shape index (κ1) is 12.2. The highest BCUT2D eigenvalue weighted by molar-refractivity contribution is 5.49. The van der Waals surface area contributed by atoms with E-state index < -0.39 is 0 Å². The fraction of sp³-hybridized carbons (Fsp3) is 0.214. The van der Waals surface area contributed by atoms with Gasteiger partial charge in [-0.25, -0.2) is 0 Å². The molecule has 1 aromatic heterocycles. The maximum atomic E-state index is 5.93. The van der Waals surface area contributed by atoms with Crippen LogP contribution in [0.15, 0.2) is 47.5 Å². The van der Waals surface area contributed by atoms with E-state index in [0.717, 1.165) is 11.2 Å². The van der Waals surface area contributed by atoms with Gasteiger partial charge in [-0.15, -0.1) is 0 Å². The lowest BCUT2D eigenvalue weighted by Gasteiger charge is -2.08. The van der Waals surface area contributed by atoms with Gasteiger partial charge in [-0.05, 0) is 5.56 Å². The SMILES string of the molecule is CNc1cc(N)n(C)c(=NCc2ccccc2)c1. The number of pyridine rings is 1. The van der Waals surface area contributed by atoms with E-state index in [9.17, 15) is 0 Å². The Labute approximate surface area is 107 Å². The van der Waals surface area contributed by atoms with Gasteiger partial charge in [0.25, 0.3) is 0 Å². The van der Waals surface area contributed by atoms with Gasteiger partial charge in [-0.1, -0.05) is 30.3 Å². The summed E-state index contributed by atoms with van der Waals surface area (Å²) in [5.74, 6) is 0.689. The lowest BCUT2D eigenvalue weighted by Crippen LogP contribution is -2.21. The van der Waals surface area contributed by atoms with Gasteiger partial charge in [-0.2, -0.15) is 0 Å². The van der Waals surface area contributed by atoms with Gasteiger partial charge in [0, 0.05) is 31.9 Å². The van der Waals surface area contributed by atoms with E-state index in [0.29, 0.717) is 12.4 Å². The zero-order chi connectivity index (χ0) is 13.0. The van der Waals surface area contributed by atoms with Crippen molar-refractivity contribution in [3.8, 4) is 0 Å². The predicted octanol–water partition coefficient (Wildman–Crippen LogP) is 1.75. The number of aromatic nitrogens is 1. The Balaban J connectivity index is 2.35. The summed E-state index contributed by atoms with van der Waals surface area (Å²) >= 11 is 0. The molecule has 0 radical (unpaired) electrons. The molecule has 0 bridgehead atoms. The van der Waals surface area contributed by atoms with Crippen LogP contribution in [-0.2, 0) is 13.6 Å². The minimum absolute atomic E-state index is 0.654. The maximum Gasteiger partial charge on any atom is 0.131 e. The molecule has 0 atom stereocenters. The van der Waals surface area contributed by atoms with Crippen LogP contribution in [0.2, 0.25) is 0 Å². The molecule has 4 heteroatoms. The van der Waals surface area contributed by atoms with Crippen molar-refractivity contribution >= 4 is 11.5 Å². The molecule has 94 valence electrons. The second-order valence-electron chi connectivity index (χ2n) is 4.14. The van der Waals surface area contributed by atoms with E-state index in [1.807, 2.05) is 49.0 Å². The van der Waals surface area contributed by atoms with Gasteiger partial charge < -0.3 is 15.6 Å². The molecule has 0 aliphatic rings. The van der Waals surface area contributed by atoms with Crippen LogP contribution in [0, 0.1) is 0 Å². The number of nitrogens with two attached hydrogens (primary N) is 1. The quantitative estimate of drug-likeness (QED) is 0.861. The number of rotatable bonds is 3. The Bertz CT molecular complexity index is 584. The van der Waals surface area contributed by atoms with Crippen molar-refractivity contribution < 1.29 is 0 Å². The van der Waals surface area contributed by atoms with Crippen molar-refractivity contribution in [1.29, 1.82) is 0 Å². The summed E-state index contributed by atoms with van der Waals surface area (Å²) in [6.45, 7) is 0.654. The molecule has 0 amide bonds. The number of nitrogens with one attached hydrogen (secondary N) is 1. The lowest BCUT2D eigenvalue weighted by molar-refractivity contribution is 0.814. The Kier molecular flexibility index (Phi) is 3.67. The highest BCUT2D eigenvalue weighted by atomic mass is 15.1. The molecule has 0 unspecified atom stereocenters. The second kappa shape index (κ2) is 5.40. The van der Waals surface area contributed by atoms with Crippen LogP contribution in [0.1, 0.15) is 5.56 Å². The predicted molar refractivity (Wildman–Crippen MR) is 75.1 cm³/mol. The summed E-state index contributed by atoms with van der Waals surface area (Å²) < 4.78 is 1.88. The maximum absolute atomic E-state index is 5.93. The highest BCUT2D eigenvalue weighted by Gasteiger charge is 1.97. The third kappa shape index (κ3) is 2.71. The first-order valence-electron chi connectivity index (χ1n) is 5.89. The lowest BCUT2D eigenvalue weighted by atomic mass is 10.2. The largest absolute Gasteiger partial charge is 0.388 e. The molecule has 0 saturated carbocycles. The third-order valence-corrected chi connectivity index (χ3v) is 2.87. The van der Waals surface area contributed by atoms with Gasteiger partial charge in [0.2, 0.25) is 0 Å². The second-order valence-corrected chi connectivity index (χ2v) is 4.14. The molecule has 18 heavy (non-hydrogen) atoms. The number of anilines is 2. The number of nitrogen functional groups attached to an aromatic ring is 1. The van der Waals surface area contributed by atoms with Crippen molar-refractivity contribution in [1.82, 2.24) is 4.57 Å². The van der Waals surface area contributed by atoms with Crippen LogP contribution in [0.5, 0.6) is 0 Å². The number of benzene rings is 1. The van der Waals surface area contributed by atoms with E-state index >= 15 is 0 Å². The smallest absolute Gasteiger partial charge is 0.131 e. The molecule has 2 rings (SSSR count). The van der Waals surface area contributed by atoms with Crippen LogP contribution >= 0.6 is 0 Å². The summed E-state index contributed by atoms with van der Waals surface area (Å²) in [7, 11) is 3.79. The zero-order valence-corrected chi connectivity index (χ0v) is 10.7. The minimum atomic E-state index is 0.654. The summed E-state index contributed by atoms with van der Waals surface area (Å²) in [4.78, 5) is 4.59. The summed E-state index contributed by atoms with van der Waals surface area (Å²) in [5.41, 5.74) is 8.95. The molecule has 1 heterocycles. The number of hydrogen-bond acceptors (Lipinski definition) is 3. The topological polar surface area (TPSA) is 55.3 Å². The van der Waals surface area contributed by atoms with E-state index in [2.05, 4.69) is 22.4 Å². The Morgan fingerprint density at radius 3 is 2.61 bits per heavy atom. The average molecular weight is 242 g/mol. The molecule has 4 nitrogen and oxygen atoms in total. The normalized spacial score (nSPS) is 11.6. The van der Waals surface area contributed by atoms with Crippen LogP contribution in [0.4, 0.5) is 11.5 Å². The van der Waals surface area contributed by atoms with Crippen LogP contribution in [0.3, 0.4) is 0 Å². The zero-order valence-electron chi connectivity index (χ0n) is 10.7. The molecule has 3 N–H and O–H groups in total. The number of nitrogens with zero attached hydrogens (tertiary/aromatic N) is 2. The standard InChI is InChI=1S/C14H18N4/c1-16-12-8-13(15)18(2)14(9-12)17-10-11-6-4-3-5-7-11/h3-9,16H,10,15H2,1-2H3. The Morgan fingerprint density at radius 2 is 1.94 bits per heavy atom. The molecule has 2 aromatic rings. The first-order valence-corrected chi connectivity index (χ1v) is 5.89. The Morgan fingerprint density at radius 1 is 1.22 bits per heavy atom. The highest BCUT2D eigenvalue weighted by Crippen LogP contribution is 2.07. The van der Waals surface area contributed by atoms with Gasteiger partial charge in [0.05, 0.1) is 6.54 Å². The van der Waals surface area contributed by atoms with Crippen LogP contribution in [0.25, 0.3) is 0 Å². The molecule has 0 aliphatic heterocycles. The molecule has 0 aliphatic carbocycles. The van der Waals surface area contributed by atoms with Crippen LogP contribution in [-0.4, -0.2) is 11.6 Å².